The monoisotopic (exact) mass is 482 g/mol. The Morgan fingerprint density at radius 1 is 1.03 bits per heavy atom. The summed E-state index contributed by atoms with van der Waals surface area (Å²) >= 11 is 0. The Bertz CT molecular complexity index is 1160. The summed E-state index contributed by atoms with van der Waals surface area (Å²) in [5.41, 5.74) is 4.88. The van der Waals surface area contributed by atoms with E-state index < -0.39 is 0 Å². The first kappa shape index (κ1) is 23.7. The van der Waals surface area contributed by atoms with Gasteiger partial charge in [-0.3, -0.25) is 9.79 Å². The minimum atomic E-state index is -0.357. The highest BCUT2D eigenvalue weighted by atomic mass is 16.3. The minimum Gasteiger partial charge on any atom is -0.392 e. The fourth-order valence-electron chi connectivity index (χ4n) is 7.99. The van der Waals surface area contributed by atoms with Crippen molar-refractivity contribution in [1.29, 1.82) is 0 Å². The summed E-state index contributed by atoms with van der Waals surface area (Å²) < 4.78 is 0. The van der Waals surface area contributed by atoms with Crippen molar-refractivity contribution in [2.24, 2.45) is 27.7 Å². The Kier molecular flexibility index (Phi) is 6.11. The van der Waals surface area contributed by atoms with Crippen molar-refractivity contribution < 1.29 is 9.90 Å². The van der Waals surface area contributed by atoms with Gasteiger partial charge in [0.2, 0.25) is 5.91 Å². The molecule has 3 fully saturated rings. The summed E-state index contributed by atoms with van der Waals surface area (Å²) in [6, 6.07) is 18.9. The van der Waals surface area contributed by atoms with E-state index in [0.29, 0.717) is 18.4 Å². The van der Waals surface area contributed by atoms with Crippen molar-refractivity contribution in [3.63, 3.8) is 0 Å². The SMILES string of the molecule is CC(C1c2ccccc2C2=CN=CCCC21)C(O)C12CCC(C(=O)NCc3ccccc3)(CC1)CC2. The molecule has 36 heavy (non-hydrogen) atoms. The molecule has 2 aromatic carbocycles. The maximum absolute atomic E-state index is 13.3. The quantitative estimate of drug-likeness (QED) is 0.510. The largest absolute Gasteiger partial charge is 0.392 e. The highest BCUT2D eigenvalue weighted by Gasteiger charge is 2.57. The predicted molar refractivity (Wildman–Crippen MR) is 144 cm³/mol. The Morgan fingerprint density at radius 3 is 2.47 bits per heavy atom. The molecule has 4 unspecified atom stereocenters. The lowest BCUT2D eigenvalue weighted by atomic mass is 9.50. The van der Waals surface area contributed by atoms with Crippen LogP contribution in [0.25, 0.3) is 5.57 Å². The number of nitrogens with one attached hydrogen (secondary N) is 1. The Morgan fingerprint density at radius 2 is 1.72 bits per heavy atom. The molecule has 0 aromatic heterocycles. The number of amides is 1. The highest BCUT2D eigenvalue weighted by molar-refractivity contribution is 5.83. The first-order valence-electron chi connectivity index (χ1n) is 13.8. The van der Waals surface area contributed by atoms with Crippen LogP contribution in [0.5, 0.6) is 0 Å². The third kappa shape index (κ3) is 3.85. The highest BCUT2D eigenvalue weighted by Crippen LogP contribution is 2.61. The maximum atomic E-state index is 13.3. The number of carbonyl (C=O) groups excluding carboxylic acids is 1. The van der Waals surface area contributed by atoms with Crippen molar-refractivity contribution in [3.05, 3.63) is 77.5 Å². The van der Waals surface area contributed by atoms with Crippen LogP contribution in [-0.2, 0) is 11.3 Å². The van der Waals surface area contributed by atoms with Crippen LogP contribution in [0.15, 0.2) is 65.8 Å². The van der Waals surface area contributed by atoms with Gasteiger partial charge in [-0.2, -0.15) is 0 Å². The van der Waals surface area contributed by atoms with Gasteiger partial charge in [0.15, 0.2) is 0 Å². The van der Waals surface area contributed by atoms with Crippen LogP contribution in [0, 0.1) is 22.7 Å². The average molecular weight is 483 g/mol. The number of hydrogen-bond acceptors (Lipinski definition) is 3. The second-order valence-corrected chi connectivity index (χ2v) is 11.8. The van der Waals surface area contributed by atoms with Crippen LogP contribution in [0.4, 0.5) is 0 Å². The molecule has 188 valence electrons. The fourth-order valence-corrected chi connectivity index (χ4v) is 7.99. The molecule has 0 saturated heterocycles. The topological polar surface area (TPSA) is 61.7 Å². The van der Waals surface area contributed by atoms with Gasteiger partial charge in [-0.1, -0.05) is 61.5 Å². The zero-order valence-electron chi connectivity index (χ0n) is 21.3. The van der Waals surface area contributed by atoms with E-state index in [2.05, 4.69) is 59.8 Å². The number of benzene rings is 2. The molecule has 2 aromatic rings. The van der Waals surface area contributed by atoms with Crippen molar-refractivity contribution >= 4 is 17.7 Å². The summed E-state index contributed by atoms with van der Waals surface area (Å²) in [6.07, 6.45) is 11.3. The molecule has 0 spiro atoms. The lowest BCUT2D eigenvalue weighted by Crippen LogP contribution is -2.55. The van der Waals surface area contributed by atoms with E-state index in [1.165, 1.54) is 16.7 Å². The molecule has 7 rings (SSSR count). The first-order valence-corrected chi connectivity index (χ1v) is 13.8. The minimum absolute atomic E-state index is 0.0660. The van der Waals surface area contributed by atoms with Crippen molar-refractivity contribution in [3.8, 4) is 0 Å². The van der Waals surface area contributed by atoms with Gasteiger partial charge >= 0.3 is 0 Å². The third-order valence-electron chi connectivity index (χ3n) is 10.2. The van der Waals surface area contributed by atoms with Gasteiger partial charge < -0.3 is 10.4 Å². The molecular weight excluding hydrogens is 444 g/mol. The van der Waals surface area contributed by atoms with Crippen LogP contribution in [0.1, 0.15) is 80.9 Å². The standard InChI is InChI=1S/C32H38N2O2/c1-22(28-25-11-6-5-10-24(25)27-21-33-19-7-12-26(27)28)29(35)31-13-16-32(17-14-31,18-15-31)30(36)34-20-23-8-3-2-4-9-23/h2-6,8-11,19,21-22,26,28-29,35H,7,12-18,20H2,1H3,(H,34,36). The summed E-state index contributed by atoms with van der Waals surface area (Å²) in [7, 11) is 0. The normalized spacial score (nSPS) is 32.1. The van der Waals surface area contributed by atoms with Crippen LogP contribution in [-0.4, -0.2) is 23.3 Å². The van der Waals surface area contributed by atoms with E-state index in [4.69, 9.17) is 0 Å². The van der Waals surface area contributed by atoms with Gasteiger partial charge in [0.05, 0.1) is 6.10 Å². The second kappa shape index (κ2) is 9.30. The molecule has 4 heteroatoms. The second-order valence-electron chi connectivity index (χ2n) is 11.8. The van der Waals surface area contributed by atoms with Crippen LogP contribution >= 0.6 is 0 Å². The number of fused-ring (bicyclic) bond motifs is 6. The van der Waals surface area contributed by atoms with Crippen molar-refractivity contribution in [2.75, 3.05) is 0 Å². The molecule has 2 N–H and O–H groups in total. The van der Waals surface area contributed by atoms with E-state index in [-0.39, 0.29) is 28.8 Å². The van der Waals surface area contributed by atoms with E-state index in [1.807, 2.05) is 24.4 Å². The zero-order valence-corrected chi connectivity index (χ0v) is 21.3. The van der Waals surface area contributed by atoms with Gasteiger partial charge in [-0.15, -0.1) is 0 Å². The lowest BCUT2D eigenvalue weighted by Gasteiger charge is -2.56. The number of aliphatic imine (C=N–C) groups is 1. The molecule has 4 nitrogen and oxygen atoms in total. The third-order valence-corrected chi connectivity index (χ3v) is 10.2. The zero-order chi connectivity index (χ0) is 24.8. The molecule has 4 aliphatic carbocycles. The summed E-state index contributed by atoms with van der Waals surface area (Å²) in [6.45, 7) is 2.87. The van der Waals surface area contributed by atoms with E-state index in [1.54, 1.807) is 0 Å². The van der Waals surface area contributed by atoms with Gasteiger partial charge in [-0.05, 0) is 96.8 Å². The molecule has 1 heterocycles. The van der Waals surface area contributed by atoms with Crippen molar-refractivity contribution in [1.82, 2.24) is 5.32 Å². The Balaban J connectivity index is 1.17. The number of aliphatic hydroxyl groups is 1. The summed E-state index contributed by atoms with van der Waals surface area (Å²) in [5.74, 6) is 1.11. The van der Waals surface area contributed by atoms with Gasteiger partial charge in [0.1, 0.15) is 0 Å². The molecule has 1 amide bonds. The molecule has 2 bridgehead atoms. The molecule has 4 atom stereocenters. The number of allylic oxidation sites excluding steroid dienone is 1. The molecule has 5 aliphatic rings. The fraction of sp³-hybridized carbons (Fsp3) is 0.500. The average Bonchev–Trinajstić information content (AvgIpc) is 3.06. The van der Waals surface area contributed by atoms with Gasteiger partial charge in [-0.25, -0.2) is 0 Å². The van der Waals surface area contributed by atoms with E-state index in [0.717, 1.165) is 56.9 Å². The molecule has 3 saturated carbocycles. The smallest absolute Gasteiger partial charge is 0.226 e. The lowest BCUT2D eigenvalue weighted by molar-refractivity contribution is -0.151. The number of hydrogen-bond donors (Lipinski definition) is 2. The number of rotatable bonds is 6. The Labute approximate surface area is 214 Å². The van der Waals surface area contributed by atoms with Gasteiger partial charge in [0.25, 0.3) is 0 Å². The van der Waals surface area contributed by atoms with Crippen LogP contribution < -0.4 is 5.32 Å². The summed E-state index contributed by atoms with van der Waals surface area (Å²) in [4.78, 5) is 17.9. The number of nitrogens with zero attached hydrogens (tertiary/aromatic N) is 1. The number of aliphatic hydroxyl groups excluding tert-OH is 1. The van der Waals surface area contributed by atoms with Crippen molar-refractivity contribution in [2.45, 2.75) is 76.9 Å². The van der Waals surface area contributed by atoms with Crippen LogP contribution in [0.2, 0.25) is 0 Å². The van der Waals surface area contributed by atoms with Crippen LogP contribution in [0.3, 0.4) is 0 Å². The number of carbonyl (C=O) groups is 1. The van der Waals surface area contributed by atoms with E-state index >= 15 is 0 Å². The first-order chi connectivity index (χ1) is 17.5. The molecule has 1 aliphatic heterocycles. The van der Waals surface area contributed by atoms with Gasteiger partial charge in [0, 0.05) is 24.4 Å². The summed E-state index contributed by atoms with van der Waals surface area (Å²) in [5, 5.41) is 15.2. The maximum Gasteiger partial charge on any atom is 0.226 e. The van der Waals surface area contributed by atoms with E-state index in [9.17, 15) is 9.90 Å². The molecular formula is C32H38N2O2. The molecule has 0 radical (unpaired) electrons. The Hall–Kier alpha value is -2.72. The predicted octanol–water partition coefficient (Wildman–Crippen LogP) is 6.26.